The van der Waals surface area contributed by atoms with Gasteiger partial charge in [0.05, 0.1) is 6.10 Å². The van der Waals surface area contributed by atoms with Crippen molar-refractivity contribution >= 4 is 11.6 Å². The largest absolute Gasteiger partial charge is 0.378 e. The molecule has 2 aliphatic rings. The molecule has 0 radical (unpaired) electrons. The zero-order valence-electron chi connectivity index (χ0n) is 8.23. The molecule has 0 bridgehead atoms. The van der Waals surface area contributed by atoms with E-state index >= 15 is 0 Å². The second kappa shape index (κ2) is 4.18. The van der Waals surface area contributed by atoms with Gasteiger partial charge in [-0.1, -0.05) is 6.42 Å². The predicted octanol–water partition coefficient (Wildman–Crippen LogP) is 3.35. The lowest BCUT2D eigenvalue weighted by Crippen LogP contribution is -2.07. The number of hydrogen-bond acceptors (Lipinski definition) is 1. The van der Waals surface area contributed by atoms with E-state index in [0.717, 1.165) is 12.5 Å². The summed E-state index contributed by atoms with van der Waals surface area (Å²) in [5.74, 6) is 0.874. The Balaban J connectivity index is 1.58. The fraction of sp³-hybridized carbons (Fsp3) is 1.00. The highest BCUT2D eigenvalue weighted by atomic mass is 35.5. The van der Waals surface area contributed by atoms with Crippen molar-refractivity contribution in [2.45, 2.75) is 51.0 Å². The van der Waals surface area contributed by atoms with Gasteiger partial charge in [0, 0.05) is 12.5 Å². The van der Waals surface area contributed by atoms with Crippen LogP contribution in [0.4, 0.5) is 0 Å². The smallest absolute Gasteiger partial charge is 0.0576 e. The van der Waals surface area contributed by atoms with E-state index in [2.05, 4.69) is 0 Å². The molecule has 0 N–H and O–H groups in total. The molecular weight excluding hydrogens is 184 g/mol. The third kappa shape index (κ3) is 2.60. The lowest BCUT2D eigenvalue weighted by Gasteiger charge is -2.13. The number of ether oxygens (including phenoxy) is 1. The summed E-state index contributed by atoms with van der Waals surface area (Å²) < 4.78 is 5.59. The summed E-state index contributed by atoms with van der Waals surface area (Å²) in [5, 5.41) is 0. The Morgan fingerprint density at radius 2 is 2.23 bits per heavy atom. The molecule has 2 heteroatoms. The van der Waals surface area contributed by atoms with Gasteiger partial charge in [-0.25, -0.2) is 0 Å². The zero-order chi connectivity index (χ0) is 9.15. The van der Waals surface area contributed by atoms with Gasteiger partial charge in [-0.05, 0) is 43.9 Å². The van der Waals surface area contributed by atoms with Crippen molar-refractivity contribution in [1.29, 1.82) is 0 Å². The van der Waals surface area contributed by atoms with Crippen LogP contribution in [0.25, 0.3) is 0 Å². The summed E-state index contributed by atoms with van der Waals surface area (Å²) in [6.45, 7) is 0.991. The van der Waals surface area contributed by atoms with Crippen molar-refractivity contribution in [3.63, 3.8) is 0 Å². The van der Waals surface area contributed by atoms with Crippen molar-refractivity contribution in [1.82, 2.24) is 0 Å². The Bertz CT molecular complexity index is 159. The summed E-state index contributed by atoms with van der Waals surface area (Å²) in [7, 11) is 0. The minimum atomic E-state index is 0.556. The Hall–Kier alpha value is 0.250. The van der Waals surface area contributed by atoms with Crippen LogP contribution in [0.1, 0.15) is 44.9 Å². The highest BCUT2D eigenvalue weighted by molar-refractivity contribution is 6.18. The molecule has 0 spiro atoms. The van der Waals surface area contributed by atoms with Crippen LogP contribution >= 0.6 is 11.6 Å². The normalized spacial score (nSPS) is 30.7. The van der Waals surface area contributed by atoms with Crippen molar-refractivity contribution < 1.29 is 4.74 Å². The molecule has 0 aromatic rings. The Morgan fingerprint density at radius 1 is 1.38 bits per heavy atom. The molecule has 1 unspecified atom stereocenters. The van der Waals surface area contributed by atoms with Gasteiger partial charge >= 0.3 is 0 Å². The molecule has 1 nitrogen and oxygen atoms in total. The molecule has 0 aromatic carbocycles. The molecule has 1 saturated carbocycles. The van der Waals surface area contributed by atoms with E-state index in [1.54, 1.807) is 0 Å². The highest BCUT2D eigenvalue weighted by Crippen LogP contribution is 2.50. The first-order chi connectivity index (χ1) is 6.35. The predicted molar refractivity (Wildman–Crippen MR) is 55.2 cm³/mol. The van der Waals surface area contributed by atoms with Gasteiger partial charge in [0.2, 0.25) is 0 Å². The molecule has 1 heterocycles. The molecule has 0 amide bonds. The van der Waals surface area contributed by atoms with Gasteiger partial charge in [0.1, 0.15) is 0 Å². The molecule has 1 saturated heterocycles. The lowest BCUT2D eigenvalue weighted by atomic mass is 9.99. The maximum atomic E-state index is 5.92. The van der Waals surface area contributed by atoms with Crippen LogP contribution in [0.5, 0.6) is 0 Å². The average molecular weight is 203 g/mol. The monoisotopic (exact) mass is 202 g/mol. The van der Waals surface area contributed by atoms with Crippen LogP contribution < -0.4 is 0 Å². The van der Waals surface area contributed by atoms with Gasteiger partial charge in [0.25, 0.3) is 0 Å². The Kier molecular flexibility index (Phi) is 3.15. The van der Waals surface area contributed by atoms with Gasteiger partial charge in [-0.3, -0.25) is 0 Å². The summed E-state index contributed by atoms with van der Waals surface area (Å²) in [6.07, 6.45) is 9.77. The highest BCUT2D eigenvalue weighted by Gasteiger charge is 2.40. The second-order valence-corrected chi connectivity index (χ2v) is 4.93. The van der Waals surface area contributed by atoms with Gasteiger partial charge in [0.15, 0.2) is 0 Å². The summed E-state index contributed by atoms with van der Waals surface area (Å²) in [4.78, 5) is 0. The maximum absolute atomic E-state index is 5.92. The number of hydrogen-bond donors (Lipinski definition) is 0. The van der Waals surface area contributed by atoms with Crippen LogP contribution in [-0.4, -0.2) is 18.6 Å². The van der Waals surface area contributed by atoms with Gasteiger partial charge < -0.3 is 4.74 Å². The van der Waals surface area contributed by atoms with E-state index in [-0.39, 0.29) is 0 Å². The summed E-state index contributed by atoms with van der Waals surface area (Å²) in [5.41, 5.74) is 0.556. The van der Waals surface area contributed by atoms with Gasteiger partial charge in [-0.2, -0.15) is 0 Å². The third-order valence-electron chi connectivity index (χ3n) is 3.50. The fourth-order valence-electron chi connectivity index (χ4n) is 2.20. The first-order valence-corrected chi connectivity index (χ1v) is 6.06. The molecule has 2 rings (SSSR count). The van der Waals surface area contributed by atoms with E-state index in [1.807, 2.05) is 0 Å². The first-order valence-electron chi connectivity index (χ1n) is 5.52. The minimum absolute atomic E-state index is 0.556. The molecule has 0 aromatic heterocycles. The topological polar surface area (TPSA) is 9.23 Å². The summed E-state index contributed by atoms with van der Waals surface area (Å²) in [6, 6.07) is 0. The molecule has 1 aliphatic heterocycles. The molecule has 13 heavy (non-hydrogen) atoms. The molecule has 2 fully saturated rings. The van der Waals surface area contributed by atoms with Crippen LogP contribution in [0.15, 0.2) is 0 Å². The van der Waals surface area contributed by atoms with Crippen LogP contribution in [0.2, 0.25) is 0 Å². The SMILES string of the molecule is ClCC1(CCCC2CCCO2)CC1. The Labute approximate surface area is 85.8 Å². The standard InChI is InChI=1S/C11H19ClO/c12-9-11(6-7-11)5-1-3-10-4-2-8-13-10/h10H,1-9H2. The van der Waals surface area contributed by atoms with Crippen LogP contribution in [-0.2, 0) is 4.74 Å². The molecular formula is C11H19ClO. The average Bonchev–Trinajstić information content (AvgIpc) is 2.74. The van der Waals surface area contributed by atoms with Crippen molar-refractivity contribution in [2.24, 2.45) is 5.41 Å². The number of halogens is 1. The first kappa shape index (κ1) is 9.79. The van der Waals surface area contributed by atoms with E-state index in [4.69, 9.17) is 16.3 Å². The second-order valence-electron chi connectivity index (χ2n) is 4.66. The van der Waals surface area contributed by atoms with Crippen LogP contribution in [0, 0.1) is 5.41 Å². The van der Waals surface area contributed by atoms with Gasteiger partial charge in [-0.15, -0.1) is 11.6 Å². The molecule has 1 aliphatic carbocycles. The van der Waals surface area contributed by atoms with Crippen molar-refractivity contribution in [3.8, 4) is 0 Å². The molecule has 76 valence electrons. The third-order valence-corrected chi connectivity index (χ3v) is 4.06. The van der Waals surface area contributed by atoms with Crippen molar-refractivity contribution in [2.75, 3.05) is 12.5 Å². The fourth-order valence-corrected chi connectivity index (χ4v) is 2.60. The van der Waals surface area contributed by atoms with Crippen molar-refractivity contribution in [3.05, 3.63) is 0 Å². The quantitative estimate of drug-likeness (QED) is 0.622. The van der Waals surface area contributed by atoms with Crippen LogP contribution in [0.3, 0.4) is 0 Å². The Morgan fingerprint density at radius 3 is 2.77 bits per heavy atom. The van der Waals surface area contributed by atoms with E-state index in [0.29, 0.717) is 11.5 Å². The van der Waals surface area contributed by atoms with E-state index in [1.165, 1.54) is 44.9 Å². The lowest BCUT2D eigenvalue weighted by molar-refractivity contribution is 0.101. The van der Waals surface area contributed by atoms with E-state index < -0.39 is 0 Å². The van der Waals surface area contributed by atoms with E-state index in [9.17, 15) is 0 Å². The number of rotatable bonds is 5. The maximum Gasteiger partial charge on any atom is 0.0576 e. The number of alkyl halides is 1. The zero-order valence-corrected chi connectivity index (χ0v) is 8.98. The molecule has 1 atom stereocenters. The summed E-state index contributed by atoms with van der Waals surface area (Å²) >= 11 is 5.92. The minimum Gasteiger partial charge on any atom is -0.378 e.